The molecule has 2 aliphatic rings. The minimum Gasteiger partial charge on any atom is -0.368 e. The van der Waals surface area contributed by atoms with E-state index in [-0.39, 0.29) is 11.9 Å². The molecular formula is C22H26N4O2. The number of carbonyl (C=O) groups excluding carboxylic acids is 2. The van der Waals surface area contributed by atoms with Crippen LogP contribution in [0.3, 0.4) is 0 Å². The van der Waals surface area contributed by atoms with E-state index in [4.69, 9.17) is 0 Å². The Morgan fingerprint density at radius 3 is 2.25 bits per heavy atom. The van der Waals surface area contributed by atoms with Gasteiger partial charge in [0, 0.05) is 56.2 Å². The average Bonchev–Trinajstić information content (AvgIpc) is 3.14. The van der Waals surface area contributed by atoms with Gasteiger partial charge in [0.1, 0.15) is 0 Å². The van der Waals surface area contributed by atoms with Gasteiger partial charge in [-0.2, -0.15) is 0 Å². The van der Waals surface area contributed by atoms with Crippen molar-refractivity contribution < 1.29 is 9.59 Å². The van der Waals surface area contributed by atoms with Crippen molar-refractivity contribution in [2.45, 2.75) is 13.8 Å². The van der Waals surface area contributed by atoms with E-state index < -0.39 is 0 Å². The van der Waals surface area contributed by atoms with Crippen molar-refractivity contribution >= 4 is 23.3 Å². The fraction of sp³-hybridized carbons (Fsp3) is 0.364. The molecule has 0 atom stereocenters. The number of hydrogen-bond acceptors (Lipinski definition) is 3. The van der Waals surface area contributed by atoms with E-state index in [1.165, 1.54) is 16.8 Å². The van der Waals surface area contributed by atoms with E-state index in [1.807, 2.05) is 29.2 Å². The Labute approximate surface area is 165 Å². The first-order valence-electron chi connectivity index (χ1n) is 9.80. The van der Waals surface area contributed by atoms with Crippen LogP contribution in [0.1, 0.15) is 21.5 Å². The van der Waals surface area contributed by atoms with E-state index in [0.717, 1.165) is 18.8 Å². The lowest BCUT2D eigenvalue weighted by Crippen LogP contribution is -2.49. The monoisotopic (exact) mass is 378 g/mol. The van der Waals surface area contributed by atoms with Gasteiger partial charge < -0.3 is 15.1 Å². The predicted molar refractivity (Wildman–Crippen MR) is 111 cm³/mol. The van der Waals surface area contributed by atoms with Crippen LogP contribution in [0, 0.1) is 13.8 Å². The number of carbonyl (C=O) groups is 2. The van der Waals surface area contributed by atoms with E-state index in [2.05, 4.69) is 42.3 Å². The zero-order valence-electron chi connectivity index (χ0n) is 16.4. The average molecular weight is 378 g/mol. The van der Waals surface area contributed by atoms with Crippen LogP contribution in [0.5, 0.6) is 0 Å². The number of nitrogens with one attached hydrogen (secondary N) is 1. The summed E-state index contributed by atoms with van der Waals surface area (Å²) in [6.45, 7) is 8.65. The minimum absolute atomic E-state index is 0.0534. The molecule has 0 aromatic heterocycles. The largest absolute Gasteiger partial charge is 0.368 e. The first-order chi connectivity index (χ1) is 13.5. The number of hydrogen-bond donors (Lipinski definition) is 1. The third-order valence-corrected chi connectivity index (χ3v) is 5.54. The van der Waals surface area contributed by atoms with Crippen LogP contribution >= 0.6 is 0 Å². The van der Waals surface area contributed by atoms with Gasteiger partial charge in [0.25, 0.3) is 5.91 Å². The Bertz CT molecular complexity index is 886. The lowest BCUT2D eigenvalue weighted by molar-refractivity contribution is 0.0747. The van der Waals surface area contributed by atoms with Gasteiger partial charge in [-0.3, -0.25) is 9.69 Å². The smallest absolute Gasteiger partial charge is 0.321 e. The van der Waals surface area contributed by atoms with Gasteiger partial charge in [-0.15, -0.1) is 0 Å². The van der Waals surface area contributed by atoms with Crippen molar-refractivity contribution in [1.29, 1.82) is 0 Å². The molecule has 1 N–H and O–H groups in total. The van der Waals surface area contributed by atoms with Crippen LogP contribution in [0.25, 0.3) is 0 Å². The zero-order valence-corrected chi connectivity index (χ0v) is 16.4. The topological polar surface area (TPSA) is 55.9 Å². The van der Waals surface area contributed by atoms with Crippen LogP contribution < -0.4 is 15.1 Å². The number of nitrogens with zero attached hydrogens (tertiary/aromatic N) is 3. The summed E-state index contributed by atoms with van der Waals surface area (Å²) in [6.07, 6.45) is 0. The van der Waals surface area contributed by atoms with Crippen molar-refractivity contribution in [3.05, 3.63) is 59.2 Å². The number of amides is 3. The second-order valence-electron chi connectivity index (χ2n) is 7.50. The van der Waals surface area contributed by atoms with Gasteiger partial charge >= 0.3 is 6.03 Å². The number of aryl methyl sites for hydroxylation is 2. The molecule has 0 unspecified atom stereocenters. The highest BCUT2D eigenvalue weighted by atomic mass is 16.2. The lowest BCUT2D eigenvalue weighted by Gasteiger charge is -2.37. The van der Waals surface area contributed by atoms with Crippen molar-refractivity contribution in [1.82, 2.24) is 10.2 Å². The van der Waals surface area contributed by atoms with E-state index in [1.54, 1.807) is 4.90 Å². The number of piperazine rings is 1. The van der Waals surface area contributed by atoms with Crippen molar-refractivity contribution in [2.24, 2.45) is 0 Å². The predicted octanol–water partition coefficient (Wildman–Crippen LogP) is 2.80. The van der Waals surface area contributed by atoms with E-state index in [0.29, 0.717) is 31.7 Å². The van der Waals surface area contributed by atoms with E-state index in [9.17, 15) is 9.59 Å². The van der Waals surface area contributed by atoms with Crippen LogP contribution in [-0.4, -0.2) is 56.1 Å². The normalized spacial score (nSPS) is 17.1. The summed E-state index contributed by atoms with van der Waals surface area (Å²) in [7, 11) is 0. The molecule has 4 rings (SSSR count). The molecule has 0 saturated carbocycles. The molecule has 0 aliphatic carbocycles. The summed E-state index contributed by atoms with van der Waals surface area (Å²) >= 11 is 0. The minimum atomic E-state index is -0.0819. The van der Waals surface area contributed by atoms with Crippen LogP contribution in [0.4, 0.5) is 16.2 Å². The number of anilines is 2. The molecule has 2 saturated heterocycles. The first-order valence-corrected chi connectivity index (χ1v) is 9.80. The summed E-state index contributed by atoms with van der Waals surface area (Å²) in [5, 5.41) is 2.79. The zero-order chi connectivity index (χ0) is 19.7. The number of benzene rings is 2. The lowest BCUT2D eigenvalue weighted by atomic mass is 10.1. The van der Waals surface area contributed by atoms with Crippen molar-refractivity contribution in [3.63, 3.8) is 0 Å². The highest BCUT2D eigenvalue weighted by Crippen LogP contribution is 2.23. The molecular weight excluding hydrogens is 352 g/mol. The summed E-state index contributed by atoms with van der Waals surface area (Å²) in [6, 6.07) is 13.8. The number of urea groups is 1. The molecule has 6 heteroatoms. The van der Waals surface area contributed by atoms with Crippen LogP contribution in [0.15, 0.2) is 42.5 Å². The highest BCUT2D eigenvalue weighted by Gasteiger charge is 2.24. The van der Waals surface area contributed by atoms with Crippen molar-refractivity contribution in [3.8, 4) is 0 Å². The summed E-state index contributed by atoms with van der Waals surface area (Å²) < 4.78 is 0. The van der Waals surface area contributed by atoms with Crippen LogP contribution in [-0.2, 0) is 0 Å². The molecule has 28 heavy (non-hydrogen) atoms. The van der Waals surface area contributed by atoms with Gasteiger partial charge in [-0.1, -0.05) is 17.7 Å². The Morgan fingerprint density at radius 2 is 1.64 bits per heavy atom. The molecule has 0 spiro atoms. The summed E-state index contributed by atoms with van der Waals surface area (Å²) in [4.78, 5) is 30.6. The molecule has 2 aromatic carbocycles. The molecule has 2 aromatic rings. The van der Waals surface area contributed by atoms with Gasteiger partial charge in [-0.25, -0.2) is 4.79 Å². The van der Waals surface area contributed by atoms with E-state index >= 15 is 0 Å². The maximum Gasteiger partial charge on any atom is 0.321 e. The maximum absolute atomic E-state index is 12.9. The highest BCUT2D eigenvalue weighted by molar-refractivity contribution is 5.97. The van der Waals surface area contributed by atoms with Gasteiger partial charge in [0.05, 0.1) is 0 Å². The fourth-order valence-corrected chi connectivity index (χ4v) is 4.00. The number of rotatable bonds is 3. The van der Waals surface area contributed by atoms with Gasteiger partial charge in [0.15, 0.2) is 0 Å². The van der Waals surface area contributed by atoms with Crippen molar-refractivity contribution in [2.75, 3.05) is 49.1 Å². The quantitative estimate of drug-likeness (QED) is 0.894. The Morgan fingerprint density at radius 1 is 0.929 bits per heavy atom. The first kappa shape index (κ1) is 18.3. The molecule has 2 aliphatic heterocycles. The van der Waals surface area contributed by atoms with Gasteiger partial charge in [0.2, 0.25) is 0 Å². The molecule has 0 bridgehead atoms. The third-order valence-electron chi connectivity index (χ3n) is 5.54. The maximum atomic E-state index is 12.9. The van der Waals surface area contributed by atoms with Gasteiger partial charge in [-0.05, 0) is 49.7 Å². The Kier molecular flexibility index (Phi) is 4.94. The third kappa shape index (κ3) is 3.54. The molecule has 3 amide bonds. The molecule has 2 fully saturated rings. The summed E-state index contributed by atoms with van der Waals surface area (Å²) in [5.41, 5.74) is 5.30. The second kappa shape index (κ2) is 7.54. The molecule has 6 nitrogen and oxygen atoms in total. The van der Waals surface area contributed by atoms with Crippen LogP contribution in [0.2, 0.25) is 0 Å². The standard InChI is InChI=1S/C22H26N4O2/c1-16-3-8-20(17(2)15-16)24-11-13-25(14-12-24)21(27)18-4-6-19(7-5-18)26-10-9-23-22(26)28/h3-8,15H,9-14H2,1-2H3,(H,23,28). The fourth-order valence-electron chi connectivity index (χ4n) is 4.00. The Hall–Kier alpha value is -3.02. The second-order valence-corrected chi connectivity index (χ2v) is 7.50. The molecule has 2 heterocycles. The molecule has 0 radical (unpaired) electrons. The Balaban J connectivity index is 1.39. The summed E-state index contributed by atoms with van der Waals surface area (Å²) in [5.74, 6) is 0.0534. The SMILES string of the molecule is Cc1ccc(N2CCN(C(=O)c3ccc(N4CCNC4=O)cc3)CC2)c(C)c1. The molecule has 146 valence electrons.